The molecule has 20 heavy (non-hydrogen) atoms. The zero-order valence-electron chi connectivity index (χ0n) is 11.0. The highest BCUT2D eigenvalue weighted by atomic mass is 19.4. The van der Waals surface area contributed by atoms with E-state index in [1.165, 1.54) is 12.1 Å². The molecule has 3 nitrogen and oxygen atoms in total. The first-order valence-corrected chi connectivity index (χ1v) is 6.42. The summed E-state index contributed by atoms with van der Waals surface area (Å²) in [4.78, 5) is 7.17. The number of benzene rings is 1. The number of aromatic nitrogens is 2. The quantitative estimate of drug-likeness (QED) is 0.881. The molecule has 1 heterocycles. The summed E-state index contributed by atoms with van der Waals surface area (Å²) in [5, 5.41) is 3.27. The van der Waals surface area contributed by atoms with Crippen molar-refractivity contribution in [3.8, 4) is 0 Å². The number of halogens is 3. The third-order valence-corrected chi connectivity index (χ3v) is 2.96. The largest absolute Gasteiger partial charge is 0.416 e. The van der Waals surface area contributed by atoms with Crippen molar-refractivity contribution in [3.05, 3.63) is 53.6 Å². The molecule has 0 saturated carbocycles. The highest BCUT2D eigenvalue weighted by Crippen LogP contribution is 2.30. The number of aromatic amines is 1. The number of rotatable bonds is 5. The van der Waals surface area contributed by atoms with E-state index in [4.69, 9.17) is 0 Å². The van der Waals surface area contributed by atoms with Gasteiger partial charge in [0, 0.05) is 12.4 Å². The molecule has 0 radical (unpaired) electrons. The van der Waals surface area contributed by atoms with Gasteiger partial charge in [0.2, 0.25) is 0 Å². The summed E-state index contributed by atoms with van der Waals surface area (Å²) in [6, 6.07) is 4.93. The van der Waals surface area contributed by atoms with E-state index in [1.807, 2.05) is 6.92 Å². The molecule has 0 spiro atoms. The molecule has 0 bridgehead atoms. The monoisotopic (exact) mass is 283 g/mol. The smallest absolute Gasteiger partial charge is 0.347 e. The minimum atomic E-state index is -4.31. The second-order valence-corrected chi connectivity index (χ2v) is 4.48. The Labute approximate surface area is 115 Å². The third kappa shape index (κ3) is 3.39. The number of nitrogens with zero attached hydrogens (tertiary/aromatic N) is 1. The molecule has 0 saturated heterocycles. The van der Waals surface area contributed by atoms with E-state index in [-0.39, 0.29) is 6.04 Å². The molecule has 1 unspecified atom stereocenters. The van der Waals surface area contributed by atoms with Gasteiger partial charge in [-0.2, -0.15) is 13.2 Å². The maximum atomic E-state index is 12.6. The zero-order chi connectivity index (χ0) is 14.6. The van der Waals surface area contributed by atoms with Gasteiger partial charge < -0.3 is 10.3 Å². The molecule has 2 aromatic rings. The van der Waals surface area contributed by atoms with Crippen LogP contribution in [0.1, 0.15) is 36.3 Å². The summed E-state index contributed by atoms with van der Waals surface area (Å²) in [6.07, 6.45) is -0.0620. The molecule has 2 rings (SSSR count). The standard InChI is InChI=1S/C14H16F3N3/c1-2-7-18-12(13-19-8-9-20-13)10-3-5-11(6-4-10)14(15,16)17/h3-6,8-9,12,18H,2,7H2,1H3,(H,19,20). The summed E-state index contributed by atoms with van der Waals surface area (Å²) < 4.78 is 37.7. The number of imidazole rings is 1. The fraction of sp³-hybridized carbons (Fsp3) is 0.357. The van der Waals surface area contributed by atoms with E-state index in [1.54, 1.807) is 12.4 Å². The van der Waals surface area contributed by atoms with Gasteiger partial charge in [0.15, 0.2) is 0 Å². The molecular formula is C14H16F3N3. The van der Waals surface area contributed by atoms with Crippen molar-refractivity contribution in [2.24, 2.45) is 0 Å². The maximum absolute atomic E-state index is 12.6. The fourth-order valence-electron chi connectivity index (χ4n) is 1.96. The fourth-order valence-corrected chi connectivity index (χ4v) is 1.96. The average molecular weight is 283 g/mol. The first-order chi connectivity index (χ1) is 9.52. The van der Waals surface area contributed by atoms with Crippen LogP contribution in [0.4, 0.5) is 13.2 Å². The minimum absolute atomic E-state index is 0.229. The van der Waals surface area contributed by atoms with Crippen molar-refractivity contribution in [1.82, 2.24) is 15.3 Å². The lowest BCUT2D eigenvalue weighted by Crippen LogP contribution is -2.24. The van der Waals surface area contributed by atoms with Crippen molar-refractivity contribution in [2.45, 2.75) is 25.6 Å². The summed E-state index contributed by atoms with van der Waals surface area (Å²) in [5.74, 6) is 0.693. The van der Waals surface area contributed by atoms with E-state index >= 15 is 0 Å². The number of hydrogen-bond acceptors (Lipinski definition) is 2. The predicted molar refractivity (Wildman–Crippen MR) is 70.2 cm³/mol. The SMILES string of the molecule is CCCNC(c1ccc(C(F)(F)F)cc1)c1ncc[nH]1. The van der Waals surface area contributed by atoms with Crippen LogP contribution in [0, 0.1) is 0 Å². The van der Waals surface area contributed by atoms with Gasteiger partial charge >= 0.3 is 6.18 Å². The molecule has 1 aromatic carbocycles. The predicted octanol–water partition coefficient (Wildman–Crippen LogP) is 3.52. The van der Waals surface area contributed by atoms with Gasteiger partial charge in [-0.1, -0.05) is 19.1 Å². The summed E-state index contributed by atoms with van der Waals surface area (Å²) in [5.41, 5.74) is 0.108. The molecule has 0 aliphatic carbocycles. The van der Waals surface area contributed by atoms with Gasteiger partial charge in [0.1, 0.15) is 5.82 Å². The Morgan fingerprint density at radius 2 is 1.95 bits per heavy atom. The summed E-state index contributed by atoms with van der Waals surface area (Å²) >= 11 is 0. The molecular weight excluding hydrogens is 267 g/mol. The highest BCUT2D eigenvalue weighted by Gasteiger charge is 2.30. The normalized spacial score (nSPS) is 13.4. The molecule has 0 aliphatic heterocycles. The van der Waals surface area contributed by atoms with Crippen molar-refractivity contribution in [3.63, 3.8) is 0 Å². The highest BCUT2D eigenvalue weighted by molar-refractivity contribution is 5.30. The van der Waals surface area contributed by atoms with Crippen LogP contribution in [0.15, 0.2) is 36.7 Å². The Kier molecular flexibility index (Phi) is 4.44. The summed E-state index contributed by atoms with van der Waals surface area (Å²) in [6.45, 7) is 2.78. The third-order valence-electron chi connectivity index (χ3n) is 2.96. The van der Waals surface area contributed by atoms with Crippen molar-refractivity contribution in [1.29, 1.82) is 0 Å². The van der Waals surface area contributed by atoms with Gasteiger partial charge in [-0.15, -0.1) is 0 Å². The van der Waals surface area contributed by atoms with Crippen LogP contribution >= 0.6 is 0 Å². The first kappa shape index (κ1) is 14.6. The maximum Gasteiger partial charge on any atom is 0.416 e. The van der Waals surface area contributed by atoms with Crippen LogP contribution in [0.2, 0.25) is 0 Å². The molecule has 1 aromatic heterocycles. The lowest BCUT2D eigenvalue weighted by atomic mass is 10.0. The number of hydrogen-bond donors (Lipinski definition) is 2. The molecule has 0 amide bonds. The van der Waals surface area contributed by atoms with E-state index < -0.39 is 11.7 Å². The first-order valence-electron chi connectivity index (χ1n) is 6.42. The topological polar surface area (TPSA) is 40.7 Å². The Morgan fingerprint density at radius 1 is 1.25 bits per heavy atom. The van der Waals surface area contributed by atoms with Gasteiger partial charge in [-0.3, -0.25) is 0 Å². The van der Waals surface area contributed by atoms with Crippen molar-refractivity contribution >= 4 is 0 Å². The minimum Gasteiger partial charge on any atom is -0.347 e. The van der Waals surface area contributed by atoms with Crippen LogP contribution in [-0.2, 0) is 6.18 Å². The second-order valence-electron chi connectivity index (χ2n) is 4.48. The molecule has 0 aliphatic rings. The average Bonchev–Trinajstić information content (AvgIpc) is 2.93. The van der Waals surface area contributed by atoms with Gasteiger partial charge in [-0.25, -0.2) is 4.98 Å². The lowest BCUT2D eigenvalue weighted by molar-refractivity contribution is -0.137. The molecule has 2 N–H and O–H groups in total. The zero-order valence-corrected chi connectivity index (χ0v) is 11.0. The van der Waals surface area contributed by atoms with Crippen LogP contribution in [0.3, 0.4) is 0 Å². The van der Waals surface area contributed by atoms with E-state index in [9.17, 15) is 13.2 Å². The molecule has 0 fully saturated rings. The van der Waals surface area contributed by atoms with Crippen LogP contribution < -0.4 is 5.32 Å². The molecule has 108 valence electrons. The Balaban J connectivity index is 2.25. The molecule has 1 atom stereocenters. The van der Waals surface area contributed by atoms with Gasteiger partial charge in [0.05, 0.1) is 11.6 Å². The molecule has 6 heteroatoms. The van der Waals surface area contributed by atoms with Crippen LogP contribution in [0.25, 0.3) is 0 Å². The van der Waals surface area contributed by atoms with Crippen LogP contribution in [0.5, 0.6) is 0 Å². The van der Waals surface area contributed by atoms with E-state index in [0.29, 0.717) is 5.82 Å². The van der Waals surface area contributed by atoms with Gasteiger partial charge in [-0.05, 0) is 30.7 Å². The van der Waals surface area contributed by atoms with Crippen LogP contribution in [-0.4, -0.2) is 16.5 Å². The summed E-state index contributed by atoms with van der Waals surface area (Å²) in [7, 11) is 0. The number of H-pyrrole nitrogens is 1. The second kappa shape index (κ2) is 6.09. The Bertz CT molecular complexity index is 518. The van der Waals surface area contributed by atoms with Crippen molar-refractivity contribution in [2.75, 3.05) is 6.54 Å². The van der Waals surface area contributed by atoms with Crippen molar-refractivity contribution < 1.29 is 13.2 Å². The lowest BCUT2D eigenvalue weighted by Gasteiger charge is -2.17. The number of nitrogens with one attached hydrogen (secondary N) is 2. The number of alkyl halides is 3. The van der Waals surface area contributed by atoms with Gasteiger partial charge in [0.25, 0.3) is 0 Å². The Morgan fingerprint density at radius 3 is 2.45 bits per heavy atom. The van der Waals surface area contributed by atoms with E-state index in [0.717, 1.165) is 30.7 Å². The Hall–Kier alpha value is -1.82. The van der Waals surface area contributed by atoms with E-state index in [2.05, 4.69) is 15.3 Å².